The van der Waals surface area contributed by atoms with E-state index in [2.05, 4.69) is 25.5 Å². The molecule has 3 amide bonds. The molecule has 0 spiro atoms. The van der Waals surface area contributed by atoms with Crippen molar-refractivity contribution in [1.82, 2.24) is 25.1 Å². The largest absolute Gasteiger partial charge is 0.340 e. The third-order valence-corrected chi connectivity index (χ3v) is 6.92. The van der Waals surface area contributed by atoms with E-state index < -0.39 is 11.6 Å². The Morgan fingerprint density at radius 2 is 1.89 bits per heavy atom. The van der Waals surface area contributed by atoms with Gasteiger partial charge in [0, 0.05) is 52.3 Å². The first-order valence-electron chi connectivity index (χ1n) is 11.9. The second kappa shape index (κ2) is 11.6. The molecule has 192 valence electrons. The maximum absolute atomic E-state index is 14.1. The second-order valence-corrected chi connectivity index (χ2v) is 9.46. The van der Waals surface area contributed by atoms with Gasteiger partial charge in [0.05, 0.1) is 5.69 Å². The number of carbonyl (C=O) groups excluding carboxylic acids is 2. The van der Waals surface area contributed by atoms with Crippen molar-refractivity contribution in [3.8, 4) is 0 Å². The number of hydrogen-bond acceptors (Lipinski definition) is 7. The smallest absolute Gasteiger partial charge is 0.321 e. The van der Waals surface area contributed by atoms with Gasteiger partial charge in [-0.25, -0.2) is 23.5 Å². The van der Waals surface area contributed by atoms with E-state index in [9.17, 15) is 18.4 Å². The highest BCUT2D eigenvalue weighted by Gasteiger charge is 2.19. The lowest BCUT2D eigenvalue weighted by molar-refractivity contribution is -0.132. The number of nitrogens with one attached hydrogen (secondary N) is 2. The van der Waals surface area contributed by atoms with Crippen LogP contribution in [-0.4, -0.2) is 78.0 Å². The van der Waals surface area contributed by atoms with E-state index in [1.165, 1.54) is 28.4 Å². The SMILES string of the molecule is CCC(=O)N1CCN(CCCNC(=O)Nc2nc3ccc(N(C)c4ccc(F)cc4F)nc3s2)CC1. The Balaban J connectivity index is 1.25. The minimum atomic E-state index is -0.684. The standard InChI is InChI=1S/C24H29F2N7O2S/c1-3-21(34)33-13-11-32(12-14-33)10-4-9-27-23(35)30-24-28-18-6-8-20(29-22(18)36-24)31(2)19-7-5-16(25)15-17(19)26/h5-8,15H,3-4,9-14H2,1-2H3,(H2,27,28,30,35). The number of fused-ring (bicyclic) bond motifs is 1. The van der Waals surface area contributed by atoms with Crippen LogP contribution in [0, 0.1) is 11.6 Å². The Morgan fingerprint density at radius 3 is 2.61 bits per heavy atom. The Kier molecular flexibility index (Phi) is 8.26. The zero-order valence-corrected chi connectivity index (χ0v) is 21.1. The van der Waals surface area contributed by atoms with Crippen LogP contribution in [0.1, 0.15) is 19.8 Å². The van der Waals surface area contributed by atoms with Crippen LogP contribution in [0.15, 0.2) is 30.3 Å². The molecule has 0 radical (unpaired) electrons. The van der Waals surface area contributed by atoms with Gasteiger partial charge in [0.25, 0.3) is 0 Å². The summed E-state index contributed by atoms with van der Waals surface area (Å²) in [6, 6.07) is 6.45. The quantitative estimate of drug-likeness (QED) is 0.442. The van der Waals surface area contributed by atoms with Crippen LogP contribution < -0.4 is 15.5 Å². The number of rotatable bonds is 8. The van der Waals surface area contributed by atoms with Gasteiger partial charge in [-0.05, 0) is 37.2 Å². The molecule has 2 N–H and O–H groups in total. The van der Waals surface area contributed by atoms with E-state index in [0.29, 0.717) is 34.3 Å². The van der Waals surface area contributed by atoms with E-state index in [1.54, 1.807) is 19.2 Å². The summed E-state index contributed by atoms with van der Waals surface area (Å²) in [6.45, 7) is 6.45. The monoisotopic (exact) mass is 517 g/mol. The Labute approximate surface area is 212 Å². The third-order valence-electron chi connectivity index (χ3n) is 6.04. The van der Waals surface area contributed by atoms with Crippen molar-refractivity contribution < 1.29 is 18.4 Å². The third kappa shape index (κ3) is 6.24. The predicted octanol–water partition coefficient (Wildman–Crippen LogP) is 3.80. The van der Waals surface area contributed by atoms with E-state index in [1.807, 2.05) is 11.8 Å². The molecule has 0 saturated carbocycles. The molecule has 3 heterocycles. The summed E-state index contributed by atoms with van der Waals surface area (Å²) >= 11 is 1.21. The lowest BCUT2D eigenvalue weighted by Crippen LogP contribution is -2.49. The maximum atomic E-state index is 14.1. The molecule has 1 aromatic carbocycles. The molecule has 12 heteroatoms. The van der Waals surface area contributed by atoms with E-state index in [0.717, 1.165) is 45.2 Å². The summed E-state index contributed by atoms with van der Waals surface area (Å²) in [6.07, 6.45) is 1.34. The highest BCUT2D eigenvalue weighted by atomic mass is 32.1. The summed E-state index contributed by atoms with van der Waals surface area (Å²) in [5.41, 5.74) is 0.801. The van der Waals surface area contributed by atoms with E-state index >= 15 is 0 Å². The minimum absolute atomic E-state index is 0.196. The molecule has 3 aromatic rings. The normalized spacial score (nSPS) is 14.2. The van der Waals surface area contributed by atoms with Crippen molar-refractivity contribution in [1.29, 1.82) is 0 Å². The van der Waals surface area contributed by atoms with Crippen LogP contribution in [0.25, 0.3) is 10.3 Å². The average molecular weight is 518 g/mol. The van der Waals surface area contributed by atoms with Crippen LogP contribution in [0.5, 0.6) is 0 Å². The molecule has 0 bridgehead atoms. The molecule has 1 aliphatic heterocycles. The molecule has 9 nitrogen and oxygen atoms in total. The lowest BCUT2D eigenvalue weighted by atomic mass is 10.2. The van der Waals surface area contributed by atoms with Crippen LogP contribution in [0.2, 0.25) is 0 Å². The van der Waals surface area contributed by atoms with Gasteiger partial charge in [-0.3, -0.25) is 15.0 Å². The van der Waals surface area contributed by atoms with Gasteiger partial charge in [0.2, 0.25) is 5.91 Å². The number of aromatic nitrogens is 2. The van der Waals surface area contributed by atoms with Crippen molar-refractivity contribution in [3.05, 3.63) is 42.0 Å². The molecule has 0 aliphatic carbocycles. The van der Waals surface area contributed by atoms with Crippen LogP contribution in [0.4, 0.5) is 30.2 Å². The fourth-order valence-electron chi connectivity index (χ4n) is 4.01. The van der Waals surface area contributed by atoms with Gasteiger partial charge in [-0.1, -0.05) is 18.3 Å². The first kappa shape index (κ1) is 25.7. The maximum Gasteiger partial charge on any atom is 0.321 e. The molecule has 1 saturated heterocycles. The molecule has 0 atom stereocenters. The zero-order valence-electron chi connectivity index (χ0n) is 20.3. The summed E-state index contributed by atoms with van der Waals surface area (Å²) in [4.78, 5) is 39.3. The van der Waals surface area contributed by atoms with Gasteiger partial charge < -0.3 is 15.1 Å². The Bertz CT molecular complexity index is 1230. The topological polar surface area (TPSA) is 93.7 Å². The number of halogens is 2. The van der Waals surface area contributed by atoms with Crippen molar-refractivity contribution in [3.63, 3.8) is 0 Å². The Hall–Kier alpha value is -3.38. The highest BCUT2D eigenvalue weighted by molar-refractivity contribution is 7.22. The van der Waals surface area contributed by atoms with E-state index in [4.69, 9.17) is 0 Å². The average Bonchev–Trinajstić information content (AvgIpc) is 3.27. The summed E-state index contributed by atoms with van der Waals surface area (Å²) in [5, 5.41) is 5.97. The number of hydrogen-bond donors (Lipinski definition) is 2. The van der Waals surface area contributed by atoms with Gasteiger partial charge in [-0.15, -0.1) is 0 Å². The first-order valence-corrected chi connectivity index (χ1v) is 12.7. The predicted molar refractivity (Wildman–Crippen MR) is 137 cm³/mol. The number of nitrogens with zero attached hydrogens (tertiary/aromatic N) is 5. The van der Waals surface area contributed by atoms with Gasteiger partial charge in [0.15, 0.2) is 5.13 Å². The summed E-state index contributed by atoms with van der Waals surface area (Å²) in [5.74, 6) is -0.667. The molecular formula is C24H29F2N7O2S. The summed E-state index contributed by atoms with van der Waals surface area (Å²) in [7, 11) is 1.64. The first-order chi connectivity index (χ1) is 17.3. The van der Waals surface area contributed by atoms with Gasteiger partial charge >= 0.3 is 6.03 Å². The molecular weight excluding hydrogens is 488 g/mol. The number of benzene rings is 1. The number of amides is 3. The number of anilines is 3. The fraction of sp³-hybridized carbons (Fsp3) is 0.417. The van der Waals surface area contributed by atoms with Gasteiger partial charge in [0.1, 0.15) is 27.8 Å². The second-order valence-electron chi connectivity index (χ2n) is 8.48. The molecule has 2 aromatic heterocycles. The zero-order chi connectivity index (χ0) is 25.7. The molecule has 1 aliphatic rings. The van der Waals surface area contributed by atoms with Gasteiger partial charge in [-0.2, -0.15) is 0 Å². The number of thiazole rings is 1. The van der Waals surface area contributed by atoms with Crippen molar-refractivity contribution in [2.24, 2.45) is 0 Å². The number of urea groups is 1. The Morgan fingerprint density at radius 1 is 1.11 bits per heavy atom. The van der Waals surface area contributed by atoms with Crippen molar-refractivity contribution in [2.45, 2.75) is 19.8 Å². The lowest BCUT2D eigenvalue weighted by Gasteiger charge is -2.34. The summed E-state index contributed by atoms with van der Waals surface area (Å²) < 4.78 is 27.4. The van der Waals surface area contributed by atoms with E-state index in [-0.39, 0.29) is 17.6 Å². The molecule has 1 fully saturated rings. The highest BCUT2D eigenvalue weighted by Crippen LogP contribution is 2.30. The fourth-order valence-corrected chi connectivity index (χ4v) is 4.84. The number of carbonyl (C=O) groups is 2. The number of pyridine rings is 1. The van der Waals surface area contributed by atoms with Crippen LogP contribution >= 0.6 is 11.3 Å². The van der Waals surface area contributed by atoms with Crippen molar-refractivity contribution >= 4 is 50.3 Å². The molecule has 36 heavy (non-hydrogen) atoms. The molecule has 4 rings (SSSR count). The number of piperazine rings is 1. The van der Waals surface area contributed by atoms with Crippen LogP contribution in [0.3, 0.4) is 0 Å². The van der Waals surface area contributed by atoms with Crippen molar-refractivity contribution in [2.75, 3.05) is 56.5 Å². The molecule has 0 unspecified atom stereocenters. The van der Waals surface area contributed by atoms with Crippen LogP contribution in [-0.2, 0) is 4.79 Å². The minimum Gasteiger partial charge on any atom is -0.340 e.